The lowest BCUT2D eigenvalue weighted by atomic mass is 10.1. The topological polar surface area (TPSA) is 59.8 Å². The maximum atomic E-state index is 12.8. The summed E-state index contributed by atoms with van der Waals surface area (Å²) in [7, 11) is 0. The number of hydrogen-bond donors (Lipinski definition) is 0. The Morgan fingerprint density at radius 3 is 2.54 bits per heavy atom. The summed E-state index contributed by atoms with van der Waals surface area (Å²) in [6, 6.07) is 12.5. The Hall–Kier alpha value is -2.41. The fourth-order valence-electron chi connectivity index (χ4n) is 3.13. The van der Waals surface area contributed by atoms with Crippen molar-refractivity contribution < 1.29 is 18.7 Å². The summed E-state index contributed by atoms with van der Waals surface area (Å²) < 4.78 is 10.6. The highest BCUT2D eigenvalue weighted by Gasteiger charge is 2.23. The van der Waals surface area contributed by atoms with Gasteiger partial charge in [-0.15, -0.1) is 11.3 Å². The van der Waals surface area contributed by atoms with Gasteiger partial charge in [-0.1, -0.05) is 23.7 Å². The summed E-state index contributed by atoms with van der Waals surface area (Å²) in [4.78, 5) is 28.7. The molecule has 1 aromatic carbocycles. The highest BCUT2D eigenvalue weighted by atomic mass is 35.5. The van der Waals surface area contributed by atoms with Crippen LogP contribution in [0.4, 0.5) is 0 Å². The van der Waals surface area contributed by atoms with Crippen molar-refractivity contribution in [2.75, 3.05) is 26.3 Å². The number of carbonyl (C=O) groups excluding carboxylic acids is 2. The molecule has 7 heteroatoms. The van der Waals surface area contributed by atoms with Crippen molar-refractivity contribution in [2.45, 2.75) is 6.42 Å². The summed E-state index contributed by atoms with van der Waals surface area (Å²) in [5.41, 5.74) is 1.76. The number of ether oxygens (including phenoxy) is 1. The molecular formula is C21H18ClNO4S. The van der Waals surface area contributed by atoms with Gasteiger partial charge in [-0.05, 0) is 41.5 Å². The van der Waals surface area contributed by atoms with Gasteiger partial charge in [0.15, 0.2) is 5.76 Å². The van der Waals surface area contributed by atoms with E-state index in [1.807, 2.05) is 12.1 Å². The SMILES string of the molecule is O=C(c1ccco1)c1cc(CC(=O)N2CCOCC2)c(-c2ccc(Cl)cc2)s1. The van der Waals surface area contributed by atoms with E-state index in [2.05, 4.69) is 0 Å². The number of carbonyl (C=O) groups is 2. The van der Waals surface area contributed by atoms with Crippen LogP contribution in [0, 0.1) is 0 Å². The second-order valence-corrected chi connectivity index (χ2v) is 7.94. The third-order valence-corrected chi connectivity index (χ3v) is 6.07. The summed E-state index contributed by atoms with van der Waals surface area (Å²) >= 11 is 7.38. The van der Waals surface area contributed by atoms with Gasteiger partial charge >= 0.3 is 0 Å². The first-order valence-corrected chi connectivity index (χ1v) is 10.1. The number of benzene rings is 1. The van der Waals surface area contributed by atoms with Crippen LogP contribution in [0.25, 0.3) is 10.4 Å². The van der Waals surface area contributed by atoms with E-state index >= 15 is 0 Å². The molecule has 0 spiro atoms. The molecule has 1 fully saturated rings. The summed E-state index contributed by atoms with van der Waals surface area (Å²) in [5, 5.41) is 0.637. The molecule has 1 amide bonds. The Kier molecular flexibility index (Phi) is 5.62. The Balaban J connectivity index is 1.67. The van der Waals surface area contributed by atoms with Gasteiger partial charge in [0.1, 0.15) is 0 Å². The van der Waals surface area contributed by atoms with Crippen molar-refractivity contribution in [3.63, 3.8) is 0 Å². The largest absolute Gasteiger partial charge is 0.461 e. The number of amides is 1. The molecule has 0 atom stereocenters. The zero-order chi connectivity index (χ0) is 19.5. The number of hydrogen-bond acceptors (Lipinski definition) is 5. The van der Waals surface area contributed by atoms with Crippen LogP contribution in [0.1, 0.15) is 21.0 Å². The molecule has 0 aliphatic carbocycles. The second kappa shape index (κ2) is 8.31. The molecule has 3 heterocycles. The van der Waals surface area contributed by atoms with Crippen molar-refractivity contribution in [3.8, 4) is 10.4 Å². The normalized spacial score (nSPS) is 14.2. The van der Waals surface area contributed by atoms with E-state index in [4.69, 9.17) is 20.8 Å². The smallest absolute Gasteiger partial charge is 0.238 e. The molecule has 1 aliphatic heterocycles. The maximum absolute atomic E-state index is 12.8. The first kappa shape index (κ1) is 18.9. The zero-order valence-corrected chi connectivity index (χ0v) is 16.6. The van der Waals surface area contributed by atoms with E-state index in [1.54, 1.807) is 35.2 Å². The Morgan fingerprint density at radius 1 is 1.11 bits per heavy atom. The third kappa shape index (κ3) is 4.04. The van der Waals surface area contributed by atoms with Gasteiger partial charge in [-0.3, -0.25) is 9.59 Å². The van der Waals surface area contributed by atoms with Crippen LogP contribution in [0.5, 0.6) is 0 Å². The lowest BCUT2D eigenvalue weighted by Gasteiger charge is -2.26. The highest BCUT2D eigenvalue weighted by molar-refractivity contribution is 7.17. The third-order valence-electron chi connectivity index (χ3n) is 4.59. The predicted octanol–water partition coefficient (Wildman–Crippen LogP) is 4.29. The van der Waals surface area contributed by atoms with Crippen molar-refractivity contribution in [1.82, 2.24) is 4.90 Å². The predicted molar refractivity (Wildman–Crippen MR) is 108 cm³/mol. The van der Waals surface area contributed by atoms with Crippen LogP contribution < -0.4 is 0 Å². The molecule has 28 heavy (non-hydrogen) atoms. The van der Waals surface area contributed by atoms with Crippen LogP contribution >= 0.6 is 22.9 Å². The number of morpholine rings is 1. The fourth-order valence-corrected chi connectivity index (χ4v) is 4.39. The van der Waals surface area contributed by atoms with Gasteiger partial charge in [-0.2, -0.15) is 0 Å². The summed E-state index contributed by atoms with van der Waals surface area (Å²) in [6.07, 6.45) is 1.71. The van der Waals surface area contributed by atoms with E-state index < -0.39 is 0 Å². The van der Waals surface area contributed by atoms with Gasteiger partial charge in [-0.25, -0.2) is 0 Å². The fraction of sp³-hybridized carbons (Fsp3) is 0.238. The molecule has 144 valence electrons. The van der Waals surface area contributed by atoms with Crippen LogP contribution in [-0.4, -0.2) is 42.9 Å². The monoisotopic (exact) mass is 415 g/mol. The van der Waals surface area contributed by atoms with Gasteiger partial charge < -0.3 is 14.1 Å². The van der Waals surface area contributed by atoms with Crippen molar-refractivity contribution in [3.05, 3.63) is 70.0 Å². The Labute approximate surface area is 171 Å². The molecule has 4 rings (SSSR count). The molecular weight excluding hydrogens is 398 g/mol. The summed E-state index contributed by atoms with van der Waals surface area (Å²) in [5.74, 6) is 0.138. The Morgan fingerprint density at radius 2 is 1.86 bits per heavy atom. The highest BCUT2D eigenvalue weighted by Crippen LogP contribution is 2.35. The average Bonchev–Trinajstić information content (AvgIpc) is 3.39. The van der Waals surface area contributed by atoms with E-state index in [1.165, 1.54) is 17.6 Å². The number of nitrogens with zero attached hydrogens (tertiary/aromatic N) is 1. The second-order valence-electron chi connectivity index (χ2n) is 6.45. The molecule has 0 saturated carbocycles. The average molecular weight is 416 g/mol. The van der Waals surface area contributed by atoms with Crippen molar-refractivity contribution in [1.29, 1.82) is 0 Å². The summed E-state index contributed by atoms with van der Waals surface area (Å²) in [6.45, 7) is 2.30. The number of ketones is 1. The first-order valence-electron chi connectivity index (χ1n) is 8.94. The maximum Gasteiger partial charge on any atom is 0.238 e. The van der Waals surface area contributed by atoms with Crippen LogP contribution in [0.3, 0.4) is 0 Å². The molecule has 0 bridgehead atoms. The molecule has 0 unspecified atom stereocenters. The molecule has 1 saturated heterocycles. The molecule has 2 aromatic heterocycles. The van der Waals surface area contributed by atoms with Crippen LogP contribution in [0.2, 0.25) is 5.02 Å². The van der Waals surface area contributed by atoms with Crippen LogP contribution in [0.15, 0.2) is 53.1 Å². The van der Waals surface area contributed by atoms with E-state index in [9.17, 15) is 9.59 Å². The standard InChI is InChI=1S/C21H18ClNO4S/c22-16-5-3-14(4-6-16)21-15(13-19(24)23-7-10-26-11-8-23)12-18(28-21)20(25)17-2-1-9-27-17/h1-6,9,12H,7-8,10-11,13H2. The number of rotatable bonds is 5. The molecule has 3 aromatic rings. The molecule has 0 N–H and O–H groups in total. The lowest BCUT2D eigenvalue weighted by Crippen LogP contribution is -2.41. The quantitative estimate of drug-likeness (QED) is 0.583. The first-order chi connectivity index (χ1) is 13.6. The van der Waals surface area contributed by atoms with Crippen molar-refractivity contribution in [2.24, 2.45) is 0 Å². The number of halogens is 1. The molecule has 0 radical (unpaired) electrons. The van der Waals surface area contributed by atoms with E-state index in [-0.39, 0.29) is 23.9 Å². The minimum absolute atomic E-state index is 0.0355. The zero-order valence-electron chi connectivity index (χ0n) is 15.0. The Bertz CT molecular complexity index is 973. The van der Waals surface area contributed by atoms with Crippen LogP contribution in [-0.2, 0) is 16.0 Å². The molecule has 1 aliphatic rings. The van der Waals surface area contributed by atoms with Gasteiger partial charge in [0, 0.05) is 23.0 Å². The lowest BCUT2D eigenvalue weighted by molar-refractivity contribution is -0.134. The van der Waals surface area contributed by atoms with E-state index in [0.717, 1.165) is 16.0 Å². The molecule has 5 nitrogen and oxygen atoms in total. The van der Waals surface area contributed by atoms with Crippen molar-refractivity contribution >= 4 is 34.6 Å². The minimum atomic E-state index is -0.185. The number of thiophene rings is 1. The van der Waals surface area contributed by atoms with Gasteiger partial charge in [0.2, 0.25) is 11.7 Å². The minimum Gasteiger partial charge on any atom is -0.461 e. The van der Waals surface area contributed by atoms with Gasteiger partial charge in [0.05, 0.1) is 30.8 Å². The van der Waals surface area contributed by atoms with E-state index in [0.29, 0.717) is 36.2 Å². The number of furan rings is 1. The van der Waals surface area contributed by atoms with Gasteiger partial charge in [0.25, 0.3) is 0 Å².